The molecule has 0 bridgehead atoms. The quantitative estimate of drug-likeness (QED) is 0.734. The second-order valence-corrected chi connectivity index (χ2v) is 3.66. The Morgan fingerprint density at radius 2 is 2.29 bits per heavy atom. The van der Waals surface area contributed by atoms with Gasteiger partial charge >= 0.3 is 0 Å². The Hall–Kier alpha value is -1.06. The predicted octanol–water partition coefficient (Wildman–Crippen LogP) is 0.970. The second-order valence-electron chi connectivity index (χ2n) is 3.66. The fourth-order valence-corrected chi connectivity index (χ4v) is 1.75. The molecule has 0 saturated heterocycles. The number of hydrogen-bond donors (Lipinski definition) is 2. The Morgan fingerprint density at radius 3 is 3.07 bits per heavy atom. The Balaban J connectivity index is 2.29. The van der Waals surface area contributed by atoms with Gasteiger partial charge in [-0.1, -0.05) is 12.1 Å². The molecule has 1 atom stereocenters. The van der Waals surface area contributed by atoms with Gasteiger partial charge in [0.2, 0.25) is 0 Å². The van der Waals surface area contributed by atoms with Gasteiger partial charge in [0, 0.05) is 12.6 Å². The lowest BCUT2D eigenvalue weighted by Gasteiger charge is -2.19. The predicted molar refractivity (Wildman–Crippen MR) is 56.2 cm³/mol. The van der Waals surface area contributed by atoms with E-state index in [-0.39, 0.29) is 6.04 Å². The first-order chi connectivity index (χ1) is 6.81. The van der Waals surface area contributed by atoms with Gasteiger partial charge in [-0.2, -0.15) is 0 Å². The Kier molecular flexibility index (Phi) is 2.70. The van der Waals surface area contributed by atoms with Crippen molar-refractivity contribution in [3.05, 3.63) is 29.3 Å². The summed E-state index contributed by atoms with van der Waals surface area (Å²) in [6, 6.07) is 6.06. The third-order valence-corrected chi connectivity index (χ3v) is 2.61. The highest BCUT2D eigenvalue weighted by molar-refractivity contribution is 5.39. The Bertz CT molecular complexity index is 325. The number of ether oxygens (including phenoxy) is 1. The highest BCUT2D eigenvalue weighted by Gasteiger charge is 2.12. The third-order valence-electron chi connectivity index (χ3n) is 2.61. The first-order valence-corrected chi connectivity index (χ1v) is 5.02. The summed E-state index contributed by atoms with van der Waals surface area (Å²) in [5.41, 5.74) is 13.8. The van der Waals surface area contributed by atoms with Crippen LogP contribution in [0.2, 0.25) is 0 Å². The van der Waals surface area contributed by atoms with Crippen molar-refractivity contribution in [2.45, 2.75) is 18.9 Å². The largest absolute Gasteiger partial charge is 0.493 e. The van der Waals surface area contributed by atoms with E-state index >= 15 is 0 Å². The summed E-state index contributed by atoms with van der Waals surface area (Å²) in [6.07, 6.45) is 2.18. The van der Waals surface area contributed by atoms with E-state index in [1.165, 1.54) is 5.56 Å². The van der Waals surface area contributed by atoms with Crippen molar-refractivity contribution in [3.63, 3.8) is 0 Å². The van der Waals surface area contributed by atoms with Crippen LogP contribution in [0.1, 0.15) is 23.6 Å². The van der Waals surface area contributed by atoms with Crippen molar-refractivity contribution in [1.82, 2.24) is 0 Å². The van der Waals surface area contributed by atoms with Crippen LogP contribution in [0.4, 0.5) is 0 Å². The molecule has 0 saturated carbocycles. The van der Waals surface area contributed by atoms with Crippen molar-refractivity contribution < 1.29 is 4.74 Å². The number of hydrogen-bond acceptors (Lipinski definition) is 3. The number of rotatable bonds is 2. The van der Waals surface area contributed by atoms with Crippen LogP contribution < -0.4 is 16.2 Å². The average Bonchev–Trinajstić information content (AvgIpc) is 2.27. The standard InChI is InChI=1S/C11H16N2O/c12-7-10(13)8-3-4-11-9(6-8)2-1-5-14-11/h3-4,6,10H,1-2,5,7,12-13H2/t10-/m0/s1. The Morgan fingerprint density at radius 1 is 1.43 bits per heavy atom. The maximum absolute atomic E-state index is 5.86. The van der Waals surface area contributed by atoms with Gasteiger partial charge in [-0.05, 0) is 30.0 Å². The topological polar surface area (TPSA) is 61.3 Å². The van der Waals surface area contributed by atoms with Crippen molar-refractivity contribution >= 4 is 0 Å². The fraction of sp³-hybridized carbons (Fsp3) is 0.455. The summed E-state index contributed by atoms with van der Waals surface area (Å²) in [5.74, 6) is 1.00. The van der Waals surface area contributed by atoms with Gasteiger partial charge < -0.3 is 16.2 Å². The van der Waals surface area contributed by atoms with Gasteiger partial charge in [-0.25, -0.2) is 0 Å². The highest BCUT2D eigenvalue weighted by Crippen LogP contribution is 2.26. The van der Waals surface area contributed by atoms with Gasteiger partial charge in [0.15, 0.2) is 0 Å². The molecule has 3 heteroatoms. The average molecular weight is 192 g/mol. The van der Waals surface area contributed by atoms with Crippen molar-refractivity contribution in [1.29, 1.82) is 0 Å². The molecule has 1 aliphatic heterocycles. The minimum Gasteiger partial charge on any atom is -0.493 e. The lowest BCUT2D eigenvalue weighted by atomic mass is 10.00. The van der Waals surface area contributed by atoms with Gasteiger partial charge in [0.25, 0.3) is 0 Å². The smallest absolute Gasteiger partial charge is 0.122 e. The van der Waals surface area contributed by atoms with Crippen LogP contribution in [-0.2, 0) is 6.42 Å². The first-order valence-electron chi connectivity index (χ1n) is 5.02. The monoisotopic (exact) mass is 192 g/mol. The van der Waals surface area contributed by atoms with E-state index in [1.807, 2.05) is 12.1 Å². The normalized spacial score (nSPS) is 17.0. The zero-order chi connectivity index (χ0) is 9.97. The van der Waals surface area contributed by atoms with Crippen molar-refractivity contribution in [2.24, 2.45) is 11.5 Å². The maximum Gasteiger partial charge on any atom is 0.122 e. The zero-order valence-corrected chi connectivity index (χ0v) is 8.20. The molecule has 1 aliphatic rings. The Labute approximate surface area is 84.0 Å². The van der Waals surface area contributed by atoms with Crippen LogP contribution in [0, 0.1) is 0 Å². The summed E-state index contributed by atoms with van der Waals surface area (Å²) in [4.78, 5) is 0. The minimum absolute atomic E-state index is 0.0535. The molecule has 3 nitrogen and oxygen atoms in total. The molecule has 0 fully saturated rings. The maximum atomic E-state index is 5.86. The van der Waals surface area contributed by atoms with Gasteiger partial charge in [-0.3, -0.25) is 0 Å². The summed E-state index contributed by atoms with van der Waals surface area (Å²) >= 11 is 0. The highest BCUT2D eigenvalue weighted by atomic mass is 16.5. The lowest BCUT2D eigenvalue weighted by molar-refractivity contribution is 0.288. The molecule has 2 rings (SSSR count). The van der Waals surface area contributed by atoms with Crippen LogP contribution in [0.15, 0.2) is 18.2 Å². The molecule has 0 amide bonds. The molecule has 1 heterocycles. The lowest BCUT2D eigenvalue weighted by Crippen LogP contribution is -2.21. The SMILES string of the molecule is NC[C@H](N)c1ccc2c(c1)CCCO2. The summed E-state index contributed by atoms with van der Waals surface area (Å²) in [5, 5.41) is 0. The third kappa shape index (κ3) is 1.74. The molecule has 0 spiro atoms. The summed E-state index contributed by atoms with van der Waals surface area (Å²) < 4.78 is 5.52. The van der Waals surface area contributed by atoms with Gasteiger partial charge in [0.1, 0.15) is 5.75 Å². The number of benzene rings is 1. The van der Waals surface area contributed by atoms with E-state index in [0.29, 0.717) is 6.54 Å². The zero-order valence-electron chi connectivity index (χ0n) is 8.20. The van der Waals surface area contributed by atoms with Crippen LogP contribution in [-0.4, -0.2) is 13.2 Å². The molecule has 0 aromatic heterocycles. The fourth-order valence-electron chi connectivity index (χ4n) is 1.75. The van der Waals surface area contributed by atoms with E-state index < -0.39 is 0 Å². The van der Waals surface area contributed by atoms with E-state index in [4.69, 9.17) is 16.2 Å². The minimum atomic E-state index is -0.0535. The number of nitrogens with two attached hydrogens (primary N) is 2. The van der Waals surface area contributed by atoms with E-state index in [2.05, 4.69) is 6.07 Å². The molecule has 1 aromatic carbocycles. The molecule has 0 radical (unpaired) electrons. The molecule has 14 heavy (non-hydrogen) atoms. The van der Waals surface area contributed by atoms with Crippen LogP contribution in [0.25, 0.3) is 0 Å². The van der Waals surface area contributed by atoms with Crippen LogP contribution >= 0.6 is 0 Å². The van der Waals surface area contributed by atoms with Gasteiger partial charge in [-0.15, -0.1) is 0 Å². The number of aryl methyl sites for hydroxylation is 1. The summed E-state index contributed by atoms with van der Waals surface area (Å²) in [7, 11) is 0. The van der Waals surface area contributed by atoms with E-state index in [1.54, 1.807) is 0 Å². The molecule has 4 N–H and O–H groups in total. The van der Waals surface area contributed by atoms with Crippen LogP contribution in [0.3, 0.4) is 0 Å². The number of fused-ring (bicyclic) bond motifs is 1. The van der Waals surface area contributed by atoms with E-state index in [0.717, 1.165) is 30.8 Å². The first kappa shape index (κ1) is 9.49. The van der Waals surface area contributed by atoms with Crippen molar-refractivity contribution in [2.75, 3.05) is 13.2 Å². The van der Waals surface area contributed by atoms with Gasteiger partial charge in [0.05, 0.1) is 6.61 Å². The molecular formula is C11H16N2O. The second kappa shape index (κ2) is 3.98. The molecule has 0 aliphatic carbocycles. The van der Waals surface area contributed by atoms with Crippen molar-refractivity contribution in [3.8, 4) is 5.75 Å². The summed E-state index contributed by atoms with van der Waals surface area (Å²) in [6.45, 7) is 1.31. The molecule has 76 valence electrons. The molecular weight excluding hydrogens is 176 g/mol. The van der Waals surface area contributed by atoms with Crippen LogP contribution in [0.5, 0.6) is 5.75 Å². The molecule has 1 aromatic rings. The molecule has 0 unspecified atom stereocenters. The van der Waals surface area contributed by atoms with E-state index in [9.17, 15) is 0 Å².